The van der Waals surface area contributed by atoms with E-state index < -0.39 is 18.4 Å². The quantitative estimate of drug-likeness (QED) is 0.356. The van der Waals surface area contributed by atoms with Gasteiger partial charge >= 0.3 is 5.97 Å². The van der Waals surface area contributed by atoms with Crippen molar-refractivity contribution in [1.82, 2.24) is 0 Å². The van der Waals surface area contributed by atoms with Gasteiger partial charge < -0.3 is 14.9 Å². The summed E-state index contributed by atoms with van der Waals surface area (Å²) in [6.45, 7) is -0.896. The normalized spacial score (nSPS) is 26.3. The van der Waals surface area contributed by atoms with E-state index in [2.05, 4.69) is 10.8 Å². The van der Waals surface area contributed by atoms with Gasteiger partial charge in [-0.3, -0.25) is 9.59 Å². The first-order chi connectivity index (χ1) is 14.9. The third kappa shape index (κ3) is 8.19. The molecular formula is C25H35FO5. The first-order valence-corrected chi connectivity index (χ1v) is 11.1. The van der Waals surface area contributed by atoms with Gasteiger partial charge in [0.1, 0.15) is 18.1 Å². The Morgan fingerprint density at radius 1 is 1.32 bits per heavy atom. The van der Waals surface area contributed by atoms with Crippen LogP contribution in [0, 0.1) is 11.8 Å². The van der Waals surface area contributed by atoms with Crippen molar-refractivity contribution in [1.29, 1.82) is 0 Å². The summed E-state index contributed by atoms with van der Waals surface area (Å²) in [6, 6.07) is 0. The largest absolute Gasteiger partial charge is 0.469 e. The molecule has 2 aliphatic carbocycles. The average Bonchev–Trinajstić information content (AvgIpc) is 3.37. The summed E-state index contributed by atoms with van der Waals surface area (Å²) in [6.07, 6.45) is 17.3. The molecule has 2 aliphatic rings. The highest BCUT2D eigenvalue weighted by molar-refractivity contribution is 5.84. The summed E-state index contributed by atoms with van der Waals surface area (Å²) >= 11 is 0. The number of hydrogen-bond donors (Lipinski definition) is 2. The van der Waals surface area contributed by atoms with Crippen LogP contribution in [0.4, 0.5) is 4.39 Å². The van der Waals surface area contributed by atoms with Crippen LogP contribution in [0.3, 0.4) is 0 Å². The van der Waals surface area contributed by atoms with Gasteiger partial charge in [-0.05, 0) is 44.6 Å². The molecule has 172 valence electrons. The molecule has 1 saturated carbocycles. The third-order valence-electron chi connectivity index (χ3n) is 6.03. The molecule has 5 nitrogen and oxygen atoms in total. The predicted molar refractivity (Wildman–Crippen MR) is 118 cm³/mol. The molecular weight excluding hydrogens is 399 g/mol. The molecule has 0 aliphatic heterocycles. The van der Waals surface area contributed by atoms with Crippen molar-refractivity contribution in [3.63, 3.8) is 0 Å². The van der Waals surface area contributed by atoms with Crippen LogP contribution in [0.25, 0.3) is 0 Å². The highest BCUT2D eigenvalue weighted by atomic mass is 19.1. The Labute approximate surface area is 184 Å². The number of allylic oxidation sites excluding steroid dienone is 5. The summed E-state index contributed by atoms with van der Waals surface area (Å²) in [5.41, 5.74) is -0.460. The lowest BCUT2D eigenvalue weighted by Gasteiger charge is -2.20. The average molecular weight is 435 g/mol. The number of carbonyl (C=O) groups excluding carboxylic acids is 2. The molecule has 0 aromatic carbocycles. The number of carbonyl (C=O) groups is 2. The number of alkyl halides is 1. The van der Waals surface area contributed by atoms with Crippen molar-refractivity contribution >= 4 is 11.8 Å². The Morgan fingerprint density at radius 2 is 2.10 bits per heavy atom. The van der Waals surface area contributed by atoms with Crippen molar-refractivity contribution in [3.8, 4) is 0 Å². The van der Waals surface area contributed by atoms with Crippen LogP contribution in [0.15, 0.2) is 48.1 Å². The van der Waals surface area contributed by atoms with E-state index in [1.807, 2.05) is 12.2 Å². The number of aliphatic hydroxyl groups excluding tert-OH is 1. The van der Waals surface area contributed by atoms with E-state index in [0.717, 1.165) is 24.8 Å². The fourth-order valence-corrected chi connectivity index (χ4v) is 4.11. The number of Topliss-reactive ketones (excluding diaryl/α,β-unsaturated/α-hetero) is 1. The molecule has 0 bridgehead atoms. The Balaban J connectivity index is 1.88. The summed E-state index contributed by atoms with van der Waals surface area (Å²) in [5, 5.41) is 20.8. The topological polar surface area (TPSA) is 83.8 Å². The van der Waals surface area contributed by atoms with Crippen LogP contribution in [0.5, 0.6) is 0 Å². The van der Waals surface area contributed by atoms with Crippen molar-refractivity contribution in [2.75, 3.05) is 13.8 Å². The number of esters is 1. The lowest BCUT2D eigenvalue weighted by Crippen LogP contribution is -2.28. The smallest absolute Gasteiger partial charge is 0.305 e. The van der Waals surface area contributed by atoms with Crippen LogP contribution in [-0.2, 0) is 14.3 Å². The zero-order valence-electron chi connectivity index (χ0n) is 18.3. The summed E-state index contributed by atoms with van der Waals surface area (Å²) in [7, 11) is 1.36. The van der Waals surface area contributed by atoms with E-state index in [9.17, 15) is 24.2 Å². The molecule has 2 rings (SSSR count). The third-order valence-corrected chi connectivity index (χ3v) is 6.03. The van der Waals surface area contributed by atoms with Crippen molar-refractivity contribution < 1.29 is 28.9 Å². The monoisotopic (exact) mass is 434 g/mol. The van der Waals surface area contributed by atoms with Gasteiger partial charge in [-0.25, -0.2) is 4.39 Å². The second-order valence-corrected chi connectivity index (χ2v) is 8.46. The standard InChI is InChI=1S/C25H35FO5/c1-31-24(29)13-5-3-2-4-11-20-21(23(28)17-22(20)27)12-8-15-25(30,18-26)16-14-19-9-6-7-10-19/h2-3,8-9,12,14,16,20-21,23,28,30H,4-7,10-11,13,15,17-18H2,1H3/b3-2-,12-8+,16-14+/t20-,21-,23-,25-/m1/s1. The fourth-order valence-electron chi connectivity index (χ4n) is 4.11. The Morgan fingerprint density at radius 3 is 2.77 bits per heavy atom. The molecule has 0 saturated heterocycles. The minimum Gasteiger partial charge on any atom is -0.469 e. The summed E-state index contributed by atoms with van der Waals surface area (Å²) in [4.78, 5) is 23.4. The number of ether oxygens (including phenoxy) is 1. The van der Waals surface area contributed by atoms with Gasteiger partial charge in [0.25, 0.3) is 0 Å². The Bertz CT molecular complexity index is 723. The number of methoxy groups -OCH3 is 1. The zero-order chi connectivity index (χ0) is 22.7. The first kappa shape index (κ1) is 25.2. The molecule has 31 heavy (non-hydrogen) atoms. The van der Waals surface area contributed by atoms with Crippen molar-refractivity contribution in [2.24, 2.45) is 11.8 Å². The van der Waals surface area contributed by atoms with E-state index in [1.54, 1.807) is 18.2 Å². The van der Waals surface area contributed by atoms with Crippen LogP contribution >= 0.6 is 0 Å². The molecule has 1 fully saturated rings. The van der Waals surface area contributed by atoms with Gasteiger partial charge in [-0.2, -0.15) is 0 Å². The SMILES string of the molecule is COC(=O)CC/C=C\CC[C@H]1C(=O)C[C@@H](O)[C@@H]1/C=C/C[C@@](O)(/C=C/C1=CCCC1)CF. The summed E-state index contributed by atoms with van der Waals surface area (Å²) < 4.78 is 18.1. The molecule has 0 heterocycles. The predicted octanol–water partition coefficient (Wildman–Crippen LogP) is 4.16. The molecule has 0 amide bonds. The highest BCUT2D eigenvalue weighted by Crippen LogP contribution is 2.34. The van der Waals surface area contributed by atoms with Gasteiger partial charge in [-0.1, -0.05) is 42.0 Å². The van der Waals surface area contributed by atoms with Crippen molar-refractivity contribution in [2.45, 2.75) is 69.5 Å². The number of rotatable bonds is 12. The molecule has 0 aromatic rings. The molecule has 2 N–H and O–H groups in total. The zero-order valence-corrected chi connectivity index (χ0v) is 18.3. The van der Waals surface area contributed by atoms with Gasteiger partial charge in [-0.15, -0.1) is 0 Å². The number of aliphatic hydroxyl groups is 2. The van der Waals surface area contributed by atoms with Gasteiger partial charge in [0.2, 0.25) is 0 Å². The first-order valence-electron chi connectivity index (χ1n) is 11.1. The second-order valence-electron chi connectivity index (χ2n) is 8.46. The lowest BCUT2D eigenvalue weighted by molar-refractivity contribution is -0.140. The lowest BCUT2D eigenvalue weighted by atomic mass is 9.88. The fraction of sp³-hybridized carbons (Fsp3) is 0.600. The minimum absolute atomic E-state index is 0.0268. The molecule has 0 spiro atoms. The van der Waals surface area contributed by atoms with E-state index in [-0.39, 0.29) is 36.4 Å². The Kier molecular flexibility index (Phi) is 10.3. The van der Waals surface area contributed by atoms with Crippen molar-refractivity contribution in [3.05, 3.63) is 48.1 Å². The summed E-state index contributed by atoms with van der Waals surface area (Å²) in [5.74, 6) is -0.860. The van der Waals surface area contributed by atoms with Crippen LogP contribution in [-0.4, -0.2) is 47.5 Å². The highest BCUT2D eigenvalue weighted by Gasteiger charge is 2.39. The number of hydrogen-bond acceptors (Lipinski definition) is 5. The van der Waals surface area contributed by atoms with E-state index >= 15 is 0 Å². The molecule has 4 atom stereocenters. The second kappa shape index (κ2) is 12.7. The molecule has 6 heteroatoms. The van der Waals surface area contributed by atoms with E-state index in [1.165, 1.54) is 13.2 Å². The van der Waals surface area contributed by atoms with Gasteiger partial charge in [0.05, 0.1) is 13.2 Å². The maximum absolute atomic E-state index is 13.5. The number of ketones is 1. The van der Waals surface area contributed by atoms with E-state index in [0.29, 0.717) is 25.7 Å². The van der Waals surface area contributed by atoms with E-state index in [4.69, 9.17) is 0 Å². The maximum Gasteiger partial charge on any atom is 0.305 e. The van der Waals surface area contributed by atoms with Crippen LogP contribution in [0.1, 0.15) is 57.8 Å². The van der Waals surface area contributed by atoms with Gasteiger partial charge in [0, 0.05) is 31.1 Å². The van der Waals surface area contributed by atoms with Crippen LogP contribution in [0.2, 0.25) is 0 Å². The molecule has 0 aromatic heterocycles. The molecule has 0 radical (unpaired) electrons. The Hall–Kier alpha value is -2.05. The number of halogens is 1. The molecule has 0 unspecified atom stereocenters. The van der Waals surface area contributed by atoms with Gasteiger partial charge in [0.15, 0.2) is 0 Å². The maximum atomic E-state index is 13.5. The minimum atomic E-state index is -1.58. The van der Waals surface area contributed by atoms with Crippen LogP contribution < -0.4 is 0 Å².